The van der Waals surface area contributed by atoms with E-state index >= 15 is 0 Å². The maximum Gasteiger partial charge on any atom is 0.164 e. The molecule has 9 nitrogen and oxygen atoms in total. The molecule has 58 heavy (non-hydrogen) atoms. The van der Waals surface area contributed by atoms with Gasteiger partial charge in [-0.2, -0.15) is 0 Å². The number of allylic oxidation sites excluding steroid dienone is 1. The topological polar surface area (TPSA) is 100 Å². The summed E-state index contributed by atoms with van der Waals surface area (Å²) in [5, 5.41) is 21.4. The highest BCUT2D eigenvalue weighted by Gasteiger charge is 2.32. The van der Waals surface area contributed by atoms with Crippen LogP contribution in [0.4, 0.5) is 0 Å². The number of methoxy groups -OCH3 is 2. The third-order valence-electron chi connectivity index (χ3n) is 12.8. The molecule has 1 atom stereocenters. The van der Waals surface area contributed by atoms with Crippen LogP contribution in [0.15, 0.2) is 84.4 Å². The second kappa shape index (κ2) is 18.0. The molecule has 8 rings (SSSR count). The van der Waals surface area contributed by atoms with E-state index in [1.165, 1.54) is 35.1 Å². The van der Waals surface area contributed by atoms with Crippen molar-refractivity contribution in [3.63, 3.8) is 0 Å². The van der Waals surface area contributed by atoms with Gasteiger partial charge in [0.15, 0.2) is 23.0 Å². The van der Waals surface area contributed by atoms with Crippen LogP contribution in [-0.2, 0) is 17.8 Å². The van der Waals surface area contributed by atoms with Gasteiger partial charge >= 0.3 is 0 Å². The summed E-state index contributed by atoms with van der Waals surface area (Å²) in [4.78, 5) is 14.8. The van der Waals surface area contributed by atoms with Crippen LogP contribution in [0.5, 0.6) is 23.0 Å². The van der Waals surface area contributed by atoms with Gasteiger partial charge < -0.3 is 24.4 Å². The third-order valence-corrected chi connectivity index (χ3v) is 12.8. The van der Waals surface area contributed by atoms with E-state index in [2.05, 4.69) is 72.2 Å². The molecule has 2 N–H and O–H groups in total. The molecule has 4 aromatic rings. The van der Waals surface area contributed by atoms with Gasteiger partial charge in [-0.3, -0.25) is 19.8 Å². The summed E-state index contributed by atoms with van der Waals surface area (Å²) in [5.74, 6) is 3.37. The number of aromatic nitrogens is 2. The minimum absolute atomic E-state index is 0.0104. The molecule has 0 radical (unpaired) electrons. The van der Waals surface area contributed by atoms with E-state index in [0.717, 1.165) is 129 Å². The van der Waals surface area contributed by atoms with Gasteiger partial charge in [0.1, 0.15) is 5.76 Å². The van der Waals surface area contributed by atoms with Gasteiger partial charge in [-0.1, -0.05) is 25.8 Å². The van der Waals surface area contributed by atoms with Gasteiger partial charge in [-0.05, 0) is 155 Å². The maximum atomic E-state index is 10.7. The summed E-state index contributed by atoms with van der Waals surface area (Å²) in [6.07, 6.45) is 19.3. The highest BCUT2D eigenvalue weighted by atomic mass is 16.5. The van der Waals surface area contributed by atoms with Crippen LogP contribution in [0.3, 0.4) is 0 Å². The fourth-order valence-electron chi connectivity index (χ4n) is 9.01. The number of nitrogens with zero attached hydrogens (tertiary/aromatic N) is 4. The number of rotatable bonds is 16. The lowest BCUT2D eigenvalue weighted by Crippen LogP contribution is -2.48. The third kappa shape index (κ3) is 8.91. The first-order chi connectivity index (χ1) is 28.3. The molecule has 1 aliphatic heterocycles. The average molecular weight is 785 g/mol. The van der Waals surface area contributed by atoms with E-state index in [0.29, 0.717) is 12.0 Å². The Morgan fingerprint density at radius 3 is 2.17 bits per heavy atom. The van der Waals surface area contributed by atoms with Crippen LogP contribution in [0.25, 0.3) is 22.5 Å². The molecule has 0 spiro atoms. The molecule has 4 aliphatic rings. The van der Waals surface area contributed by atoms with E-state index in [4.69, 9.17) is 24.2 Å². The van der Waals surface area contributed by atoms with Crippen molar-refractivity contribution in [3.05, 3.63) is 107 Å². The normalized spacial score (nSPS) is 19.1. The van der Waals surface area contributed by atoms with Gasteiger partial charge in [0.2, 0.25) is 0 Å². The molecule has 2 aromatic carbocycles. The summed E-state index contributed by atoms with van der Waals surface area (Å²) in [5.41, 5.74) is 9.40. The number of benzene rings is 2. The van der Waals surface area contributed by atoms with Gasteiger partial charge in [-0.15, -0.1) is 0 Å². The number of likely N-dealkylation sites (tertiary alicyclic amines) is 1. The highest BCUT2D eigenvalue weighted by Crippen LogP contribution is 2.49. The number of aromatic hydroxyl groups is 2. The van der Waals surface area contributed by atoms with Crippen LogP contribution in [-0.4, -0.2) is 76.0 Å². The predicted molar refractivity (Wildman–Crippen MR) is 229 cm³/mol. The molecule has 2 aromatic heterocycles. The van der Waals surface area contributed by atoms with Gasteiger partial charge in [0.25, 0.3) is 0 Å². The Morgan fingerprint density at radius 1 is 0.810 bits per heavy atom. The summed E-state index contributed by atoms with van der Waals surface area (Å²) in [6.45, 7) is 8.76. The Morgan fingerprint density at radius 2 is 1.50 bits per heavy atom. The monoisotopic (exact) mass is 784 g/mol. The molecule has 3 aliphatic carbocycles. The van der Waals surface area contributed by atoms with Gasteiger partial charge in [0.05, 0.1) is 32.2 Å². The van der Waals surface area contributed by atoms with E-state index in [1.54, 1.807) is 20.3 Å². The van der Waals surface area contributed by atoms with Gasteiger partial charge in [-0.25, -0.2) is 0 Å². The summed E-state index contributed by atoms with van der Waals surface area (Å²) < 4.78 is 17.9. The van der Waals surface area contributed by atoms with Crippen LogP contribution in [0, 0.1) is 0 Å². The quantitative estimate of drug-likeness (QED) is 0.0850. The van der Waals surface area contributed by atoms with Crippen molar-refractivity contribution in [2.75, 3.05) is 33.9 Å². The molecule has 306 valence electrons. The lowest BCUT2D eigenvalue weighted by atomic mass is 9.79. The summed E-state index contributed by atoms with van der Waals surface area (Å²) in [6, 6.07) is 17.3. The largest absolute Gasteiger partial charge is 0.504 e. The molecular formula is C49H60N4O5. The Kier molecular flexibility index (Phi) is 12.4. The summed E-state index contributed by atoms with van der Waals surface area (Å²) in [7, 11) is 3.43. The van der Waals surface area contributed by atoms with Crippen molar-refractivity contribution < 1.29 is 24.4 Å². The Bertz CT molecular complexity index is 2130. The standard InChI is InChI=1S/C49H60N4O5/c1-5-6-22-58-46-29-40(13-10-32(46)2)53(31-34-15-19-50-43(24-34)37-25-41(35-8-7-9-35)48(55)45(54)27-37)39-16-20-52(21-17-39)30-33-14-18-51-44(23-33)38-26-42(36-11-12-36)49(57-4)47(28-38)56-3/h10,14-15,18-19,23-29,35-36,39-40,54-55H,5-9,11-13,16-17,20-22,30-31H2,1-4H3. The molecule has 0 bridgehead atoms. The SMILES string of the molecule is CCCCOC1=CC(N(Cc2ccnc(-c3cc(O)c(O)c(C4CCC4)c3)c2)C2CCN(Cc3ccnc(-c4cc(OC)c(OC)c(C5CC5)c4)c3)CC2)CC=C1C. The van der Waals surface area contributed by atoms with Crippen LogP contribution in [0.1, 0.15) is 112 Å². The highest BCUT2D eigenvalue weighted by molar-refractivity contribution is 5.68. The van der Waals surface area contributed by atoms with Crippen molar-refractivity contribution in [1.29, 1.82) is 0 Å². The molecule has 1 saturated heterocycles. The number of ether oxygens (including phenoxy) is 3. The minimum Gasteiger partial charge on any atom is -0.504 e. The second-order valence-corrected chi connectivity index (χ2v) is 16.8. The molecular weight excluding hydrogens is 725 g/mol. The van der Waals surface area contributed by atoms with E-state index in [9.17, 15) is 10.2 Å². The summed E-state index contributed by atoms with van der Waals surface area (Å²) >= 11 is 0. The smallest absolute Gasteiger partial charge is 0.164 e. The zero-order chi connectivity index (χ0) is 40.2. The van der Waals surface area contributed by atoms with Crippen LogP contribution < -0.4 is 9.47 Å². The second-order valence-electron chi connectivity index (χ2n) is 16.8. The number of piperidine rings is 1. The average Bonchev–Trinajstić information content (AvgIpc) is 4.08. The van der Waals surface area contributed by atoms with Gasteiger partial charge in [0, 0.05) is 59.8 Å². The van der Waals surface area contributed by atoms with Crippen molar-refractivity contribution in [1.82, 2.24) is 19.8 Å². The Hall–Kier alpha value is -4.86. The Balaban J connectivity index is 1.00. The van der Waals surface area contributed by atoms with Crippen LogP contribution in [0.2, 0.25) is 0 Å². The fraction of sp³-hybridized carbons (Fsp3) is 0.469. The van der Waals surface area contributed by atoms with Crippen molar-refractivity contribution in [3.8, 4) is 45.5 Å². The zero-order valence-corrected chi connectivity index (χ0v) is 34.8. The minimum atomic E-state index is -0.0724. The number of phenolic OH excluding ortho intramolecular Hbond substituents is 2. The lowest BCUT2D eigenvalue weighted by molar-refractivity contribution is 0.0766. The van der Waals surface area contributed by atoms with E-state index in [1.807, 2.05) is 18.5 Å². The van der Waals surface area contributed by atoms with Crippen molar-refractivity contribution >= 4 is 0 Å². The number of hydrogen-bond donors (Lipinski definition) is 2. The Labute approximate surface area is 344 Å². The molecule has 1 unspecified atom stereocenters. The zero-order valence-electron chi connectivity index (χ0n) is 34.8. The molecule has 3 fully saturated rings. The molecule has 2 saturated carbocycles. The van der Waals surface area contributed by atoms with Crippen molar-refractivity contribution in [2.24, 2.45) is 0 Å². The fourth-order valence-corrected chi connectivity index (χ4v) is 9.01. The number of pyridine rings is 2. The predicted octanol–water partition coefficient (Wildman–Crippen LogP) is 10.3. The van der Waals surface area contributed by atoms with E-state index in [-0.39, 0.29) is 23.5 Å². The van der Waals surface area contributed by atoms with Crippen molar-refractivity contribution in [2.45, 2.75) is 115 Å². The van der Waals surface area contributed by atoms with E-state index < -0.39 is 0 Å². The first-order valence-electron chi connectivity index (χ1n) is 21.5. The lowest BCUT2D eigenvalue weighted by Gasteiger charge is -2.42. The molecule has 0 amide bonds. The first-order valence-corrected chi connectivity index (χ1v) is 21.5. The van der Waals surface area contributed by atoms with Crippen LogP contribution >= 0.6 is 0 Å². The maximum absolute atomic E-state index is 10.7. The molecule has 3 heterocycles. The molecule has 9 heteroatoms. The first kappa shape index (κ1) is 39.9. The number of hydrogen-bond acceptors (Lipinski definition) is 9. The number of phenols is 2. The number of unbranched alkanes of at least 4 members (excludes halogenated alkanes) is 1.